The zero-order valence-electron chi connectivity index (χ0n) is 15.8. The Morgan fingerprint density at radius 2 is 1.75 bits per heavy atom. The molecule has 1 aromatic carbocycles. The number of amides is 2. The average molecular weight is 410 g/mol. The number of hydrogen-bond acceptors (Lipinski definition) is 3. The van der Waals surface area contributed by atoms with E-state index >= 15 is 0 Å². The van der Waals surface area contributed by atoms with Crippen LogP contribution in [0, 0.1) is 0 Å². The molecule has 0 radical (unpaired) electrons. The first-order valence-corrected chi connectivity index (χ1v) is 9.71. The molecule has 1 saturated heterocycles. The molecule has 1 aliphatic heterocycles. The standard InChI is InChI=1S/C20H21F3N2O2S/c1-19(10-13-7-5-4-6-8-13)18(27)24(2)16(17(26)25(19)3)9-14-11-28-12-15(14)20(21,22)23/h4-8,11-12,16H,9-10H2,1-3H3. The molecule has 0 spiro atoms. The lowest BCUT2D eigenvalue weighted by Crippen LogP contribution is -2.69. The molecule has 150 valence electrons. The van der Waals surface area contributed by atoms with Gasteiger partial charge in [0, 0.05) is 32.3 Å². The van der Waals surface area contributed by atoms with Crippen molar-refractivity contribution < 1.29 is 22.8 Å². The molecular weight excluding hydrogens is 389 g/mol. The van der Waals surface area contributed by atoms with Gasteiger partial charge in [-0.05, 0) is 23.4 Å². The fourth-order valence-electron chi connectivity index (χ4n) is 3.65. The maximum absolute atomic E-state index is 13.2. The van der Waals surface area contributed by atoms with Crippen LogP contribution in [0.4, 0.5) is 13.2 Å². The van der Waals surface area contributed by atoms with E-state index in [2.05, 4.69) is 0 Å². The molecule has 2 amide bonds. The van der Waals surface area contributed by atoms with E-state index < -0.39 is 23.3 Å². The lowest BCUT2D eigenvalue weighted by molar-refractivity contribution is -0.166. The van der Waals surface area contributed by atoms with E-state index in [4.69, 9.17) is 0 Å². The van der Waals surface area contributed by atoms with Crippen molar-refractivity contribution in [2.45, 2.75) is 37.5 Å². The van der Waals surface area contributed by atoms with Gasteiger partial charge in [0.15, 0.2) is 0 Å². The zero-order valence-corrected chi connectivity index (χ0v) is 16.6. The molecule has 0 bridgehead atoms. The van der Waals surface area contributed by atoms with Crippen LogP contribution in [0.1, 0.15) is 23.6 Å². The summed E-state index contributed by atoms with van der Waals surface area (Å²) in [7, 11) is 3.03. The summed E-state index contributed by atoms with van der Waals surface area (Å²) in [6.45, 7) is 1.69. The molecule has 0 saturated carbocycles. The summed E-state index contributed by atoms with van der Waals surface area (Å²) in [4.78, 5) is 28.8. The van der Waals surface area contributed by atoms with E-state index in [1.807, 2.05) is 30.3 Å². The van der Waals surface area contributed by atoms with Gasteiger partial charge in [0.05, 0.1) is 5.56 Å². The smallest absolute Gasteiger partial charge is 0.331 e. The van der Waals surface area contributed by atoms with E-state index in [-0.39, 0.29) is 23.8 Å². The van der Waals surface area contributed by atoms with Crippen molar-refractivity contribution in [1.82, 2.24) is 9.80 Å². The third kappa shape index (κ3) is 3.53. The predicted octanol–water partition coefficient (Wildman–Crippen LogP) is 3.61. The molecule has 1 fully saturated rings. The van der Waals surface area contributed by atoms with E-state index in [1.165, 1.54) is 22.2 Å². The highest BCUT2D eigenvalue weighted by Crippen LogP contribution is 2.36. The number of likely N-dealkylation sites (N-methyl/N-ethyl adjacent to an activating group) is 2. The number of carbonyl (C=O) groups excluding carboxylic acids is 2. The molecule has 1 aromatic heterocycles. The molecule has 2 atom stereocenters. The normalized spacial score (nSPS) is 23.4. The quantitative estimate of drug-likeness (QED) is 0.773. The molecule has 8 heteroatoms. The van der Waals surface area contributed by atoms with Crippen molar-refractivity contribution in [2.24, 2.45) is 0 Å². The molecule has 4 nitrogen and oxygen atoms in total. The minimum Gasteiger partial charge on any atom is -0.331 e. The van der Waals surface area contributed by atoms with E-state index in [1.54, 1.807) is 14.0 Å². The minimum absolute atomic E-state index is 0.0376. The second-order valence-electron chi connectivity index (χ2n) is 7.28. The Morgan fingerprint density at radius 1 is 1.11 bits per heavy atom. The molecule has 28 heavy (non-hydrogen) atoms. The summed E-state index contributed by atoms with van der Waals surface area (Å²) >= 11 is 0.939. The highest BCUT2D eigenvalue weighted by atomic mass is 32.1. The number of halogens is 3. The van der Waals surface area contributed by atoms with Crippen LogP contribution < -0.4 is 0 Å². The predicted molar refractivity (Wildman–Crippen MR) is 101 cm³/mol. The second-order valence-corrected chi connectivity index (χ2v) is 8.02. The number of benzene rings is 1. The first-order chi connectivity index (χ1) is 13.1. The SMILES string of the molecule is CN1C(=O)C(C)(Cc2ccccc2)N(C)C(=O)C1Cc1cscc1C(F)(F)F. The Labute approximate surface area is 165 Å². The number of piperazine rings is 1. The van der Waals surface area contributed by atoms with Crippen molar-refractivity contribution >= 4 is 23.2 Å². The summed E-state index contributed by atoms with van der Waals surface area (Å²) in [5.41, 5.74) is -0.894. The number of nitrogens with zero attached hydrogens (tertiary/aromatic N) is 2. The lowest BCUT2D eigenvalue weighted by atomic mass is 9.85. The van der Waals surface area contributed by atoms with Gasteiger partial charge in [-0.25, -0.2) is 0 Å². The summed E-state index contributed by atoms with van der Waals surface area (Å²) in [6, 6.07) is 8.38. The number of carbonyl (C=O) groups is 2. The molecule has 2 unspecified atom stereocenters. The summed E-state index contributed by atoms with van der Waals surface area (Å²) in [5, 5.41) is 2.43. The van der Waals surface area contributed by atoms with E-state index in [0.717, 1.165) is 22.3 Å². The largest absolute Gasteiger partial charge is 0.417 e. The van der Waals surface area contributed by atoms with Crippen molar-refractivity contribution in [3.63, 3.8) is 0 Å². The highest BCUT2D eigenvalue weighted by Gasteiger charge is 2.51. The van der Waals surface area contributed by atoms with Gasteiger partial charge in [0.25, 0.3) is 0 Å². The van der Waals surface area contributed by atoms with Crippen molar-refractivity contribution in [1.29, 1.82) is 0 Å². The Morgan fingerprint density at radius 3 is 2.36 bits per heavy atom. The van der Waals surface area contributed by atoms with Crippen LogP contribution in [0.2, 0.25) is 0 Å². The summed E-state index contributed by atoms with van der Waals surface area (Å²) in [6.07, 6.45) is -4.31. The molecule has 0 N–H and O–H groups in total. The lowest BCUT2D eigenvalue weighted by Gasteiger charge is -2.48. The average Bonchev–Trinajstić information content (AvgIpc) is 3.12. The molecule has 2 aromatic rings. The van der Waals surface area contributed by atoms with Gasteiger partial charge in [-0.15, -0.1) is 0 Å². The zero-order chi connectivity index (χ0) is 20.7. The molecule has 2 heterocycles. The monoisotopic (exact) mass is 410 g/mol. The van der Waals surface area contributed by atoms with Crippen LogP contribution in [-0.2, 0) is 28.6 Å². The van der Waals surface area contributed by atoms with Crippen LogP contribution in [0.5, 0.6) is 0 Å². The van der Waals surface area contributed by atoms with Crippen LogP contribution in [0.25, 0.3) is 0 Å². The third-order valence-corrected chi connectivity index (χ3v) is 6.25. The highest BCUT2D eigenvalue weighted by molar-refractivity contribution is 7.08. The van der Waals surface area contributed by atoms with Crippen LogP contribution in [-0.4, -0.2) is 47.3 Å². The fraction of sp³-hybridized carbons (Fsp3) is 0.400. The maximum Gasteiger partial charge on any atom is 0.417 e. The van der Waals surface area contributed by atoms with Gasteiger partial charge >= 0.3 is 6.18 Å². The van der Waals surface area contributed by atoms with Crippen LogP contribution in [0.15, 0.2) is 41.1 Å². The molecule has 1 aliphatic rings. The van der Waals surface area contributed by atoms with Gasteiger partial charge < -0.3 is 9.80 Å². The van der Waals surface area contributed by atoms with Crippen molar-refractivity contribution in [3.05, 3.63) is 57.8 Å². The number of hydrogen-bond donors (Lipinski definition) is 0. The molecule has 3 rings (SSSR count). The third-order valence-electron chi connectivity index (χ3n) is 5.46. The van der Waals surface area contributed by atoms with Gasteiger partial charge in [-0.3, -0.25) is 9.59 Å². The maximum atomic E-state index is 13.2. The second kappa shape index (κ2) is 7.24. The van der Waals surface area contributed by atoms with Gasteiger partial charge in [0.2, 0.25) is 11.8 Å². The Balaban J connectivity index is 1.88. The first-order valence-electron chi connectivity index (χ1n) is 8.77. The summed E-state index contributed by atoms with van der Waals surface area (Å²) < 4.78 is 39.5. The van der Waals surface area contributed by atoms with E-state index in [9.17, 15) is 22.8 Å². The minimum atomic E-state index is -4.48. The van der Waals surface area contributed by atoms with Crippen LogP contribution >= 0.6 is 11.3 Å². The van der Waals surface area contributed by atoms with Gasteiger partial charge in [-0.1, -0.05) is 30.3 Å². The number of thiophene rings is 1. The Bertz CT molecular complexity index is 881. The van der Waals surface area contributed by atoms with Gasteiger partial charge in [-0.2, -0.15) is 24.5 Å². The first kappa shape index (κ1) is 20.4. The van der Waals surface area contributed by atoms with Crippen molar-refractivity contribution in [3.8, 4) is 0 Å². The van der Waals surface area contributed by atoms with Gasteiger partial charge in [0.1, 0.15) is 11.6 Å². The Kier molecular flexibility index (Phi) is 5.27. The number of alkyl halides is 3. The fourth-order valence-corrected chi connectivity index (χ4v) is 4.52. The summed E-state index contributed by atoms with van der Waals surface area (Å²) in [5.74, 6) is -0.646. The van der Waals surface area contributed by atoms with Crippen molar-refractivity contribution in [2.75, 3.05) is 14.1 Å². The Hall–Kier alpha value is -2.35. The molecular formula is C20H21F3N2O2S. The molecule has 0 aliphatic carbocycles. The van der Waals surface area contributed by atoms with E-state index in [0.29, 0.717) is 6.42 Å². The number of rotatable bonds is 4. The topological polar surface area (TPSA) is 40.6 Å². The van der Waals surface area contributed by atoms with Crippen LogP contribution in [0.3, 0.4) is 0 Å².